The van der Waals surface area contributed by atoms with Gasteiger partial charge in [0.1, 0.15) is 17.2 Å². The van der Waals surface area contributed by atoms with Crippen molar-refractivity contribution in [1.82, 2.24) is 9.38 Å². The third-order valence-corrected chi connectivity index (χ3v) is 4.90. The summed E-state index contributed by atoms with van der Waals surface area (Å²) in [4.78, 5) is 4.88. The van der Waals surface area contributed by atoms with Crippen LogP contribution in [0.5, 0.6) is 11.5 Å². The van der Waals surface area contributed by atoms with Crippen molar-refractivity contribution < 1.29 is 14.6 Å². The Balaban J connectivity index is 1.77. The maximum Gasteiger partial charge on any atom is 0.161 e. The second-order valence-corrected chi connectivity index (χ2v) is 6.83. The fourth-order valence-corrected chi connectivity index (χ4v) is 3.52. The van der Waals surface area contributed by atoms with Crippen LogP contribution >= 0.6 is 0 Å². The average molecular weight is 367 g/mol. The highest BCUT2D eigenvalue weighted by atomic mass is 16.5. The van der Waals surface area contributed by atoms with E-state index in [2.05, 4.69) is 22.7 Å². The number of anilines is 1. The molecule has 1 aromatic carbocycles. The van der Waals surface area contributed by atoms with Crippen LogP contribution in [-0.4, -0.2) is 40.4 Å². The number of nitrogens with zero attached hydrogens (tertiary/aromatic N) is 2. The molecule has 2 N–H and O–H groups in total. The summed E-state index contributed by atoms with van der Waals surface area (Å²) in [7, 11) is 0. The van der Waals surface area contributed by atoms with Crippen molar-refractivity contribution in [2.75, 3.05) is 25.1 Å². The van der Waals surface area contributed by atoms with Gasteiger partial charge in [-0.05, 0) is 56.5 Å². The number of phenolic OH excluding ortho intramolecular Hbond substituents is 1. The first kappa shape index (κ1) is 17.7. The molecule has 1 fully saturated rings. The van der Waals surface area contributed by atoms with Crippen LogP contribution in [0.15, 0.2) is 36.5 Å². The number of ether oxygens (including phenoxy) is 2. The lowest BCUT2D eigenvalue weighted by atomic mass is 10.1. The topological polar surface area (TPSA) is 68.0 Å². The molecule has 1 aliphatic heterocycles. The molecule has 0 radical (unpaired) electrons. The molecule has 0 bridgehead atoms. The quantitative estimate of drug-likeness (QED) is 0.689. The maximum absolute atomic E-state index is 10.0. The molecule has 1 aliphatic rings. The minimum absolute atomic E-state index is 0.134. The van der Waals surface area contributed by atoms with Crippen LogP contribution in [-0.2, 0) is 4.74 Å². The summed E-state index contributed by atoms with van der Waals surface area (Å²) < 4.78 is 13.4. The molecule has 142 valence electrons. The zero-order chi connectivity index (χ0) is 18.8. The first-order valence-corrected chi connectivity index (χ1v) is 9.46. The number of fused-ring (bicyclic) bond motifs is 1. The Kier molecular flexibility index (Phi) is 4.90. The highest BCUT2D eigenvalue weighted by molar-refractivity contribution is 5.78. The molecule has 0 aliphatic carbocycles. The van der Waals surface area contributed by atoms with Crippen LogP contribution in [0.4, 0.5) is 5.82 Å². The first-order chi connectivity index (χ1) is 13.2. The number of phenols is 1. The third kappa shape index (κ3) is 3.45. The van der Waals surface area contributed by atoms with E-state index < -0.39 is 0 Å². The van der Waals surface area contributed by atoms with Crippen LogP contribution < -0.4 is 10.1 Å². The maximum atomic E-state index is 10.0. The lowest BCUT2D eigenvalue weighted by molar-refractivity contribution is 0.120. The Morgan fingerprint density at radius 1 is 1.37 bits per heavy atom. The van der Waals surface area contributed by atoms with Gasteiger partial charge in [0.25, 0.3) is 0 Å². The number of aromatic hydroxyl groups is 1. The number of pyridine rings is 1. The van der Waals surface area contributed by atoms with Gasteiger partial charge in [-0.1, -0.05) is 6.07 Å². The molecule has 4 rings (SSSR count). The number of rotatable bonds is 6. The van der Waals surface area contributed by atoms with E-state index in [0.717, 1.165) is 54.3 Å². The normalized spacial score (nSPS) is 16.7. The monoisotopic (exact) mass is 367 g/mol. The Hall–Kier alpha value is -2.73. The van der Waals surface area contributed by atoms with Gasteiger partial charge < -0.3 is 19.9 Å². The van der Waals surface area contributed by atoms with Gasteiger partial charge in [0, 0.05) is 24.9 Å². The zero-order valence-electron chi connectivity index (χ0n) is 15.7. The number of aromatic nitrogens is 2. The summed E-state index contributed by atoms with van der Waals surface area (Å²) in [5.74, 6) is 1.53. The van der Waals surface area contributed by atoms with E-state index in [0.29, 0.717) is 12.4 Å². The zero-order valence-corrected chi connectivity index (χ0v) is 15.7. The van der Waals surface area contributed by atoms with Gasteiger partial charge in [-0.3, -0.25) is 4.40 Å². The predicted molar refractivity (Wildman–Crippen MR) is 106 cm³/mol. The van der Waals surface area contributed by atoms with E-state index in [1.54, 1.807) is 6.07 Å². The molecule has 1 saturated heterocycles. The lowest BCUT2D eigenvalue weighted by Gasteiger charge is -2.14. The van der Waals surface area contributed by atoms with Crippen LogP contribution in [0.3, 0.4) is 0 Å². The van der Waals surface area contributed by atoms with Crippen LogP contribution in [0.1, 0.15) is 25.3 Å². The number of hydrogen-bond acceptors (Lipinski definition) is 5. The largest absolute Gasteiger partial charge is 0.504 e. The van der Waals surface area contributed by atoms with Crippen molar-refractivity contribution in [2.45, 2.75) is 32.8 Å². The van der Waals surface area contributed by atoms with Gasteiger partial charge in [0.05, 0.1) is 12.7 Å². The van der Waals surface area contributed by atoms with Crippen LogP contribution in [0, 0.1) is 6.92 Å². The summed E-state index contributed by atoms with van der Waals surface area (Å²) in [6, 6.07) is 9.44. The van der Waals surface area contributed by atoms with Crippen molar-refractivity contribution in [3.63, 3.8) is 0 Å². The first-order valence-electron chi connectivity index (χ1n) is 9.46. The van der Waals surface area contributed by atoms with Crippen molar-refractivity contribution >= 4 is 11.5 Å². The number of aryl methyl sites for hydroxylation is 1. The molecular weight excluding hydrogens is 342 g/mol. The Bertz CT molecular complexity index is 945. The molecule has 2 aromatic heterocycles. The predicted octanol–water partition coefficient (Wildman–Crippen LogP) is 4.00. The minimum atomic E-state index is 0.134. The second kappa shape index (κ2) is 7.48. The van der Waals surface area contributed by atoms with E-state index in [1.165, 1.54) is 0 Å². The SMILES string of the molecule is CCOc1cc(-c2nc3c(C)cccn3c2NC[C@@H]2CCCO2)ccc1O. The fraction of sp³-hybridized carbons (Fsp3) is 0.381. The Morgan fingerprint density at radius 3 is 3.04 bits per heavy atom. The Labute approximate surface area is 158 Å². The summed E-state index contributed by atoms with van der Waals surface area (Å²) in [5, 5.41) is 13.6. The molecule has 3 aromatic rings. The van der Waals surface area contributed by atoms with Crippen molar-refractivity contribution in [3.05, 3.63) is 42.1 Å². The van der Waals surface area contributed by atoms with E-state index in [1.807, 2.05) is 31.3 Å². The van der Waals surface area contributed by atoms with Gasteiger partial charge in [-0.15, -0.1) is 0 Å². The molecule has 0 amide bonds. The molecule has 0 unspecified atom stereocenters. The van der Waals surface area contributed by atoms with Gasteiger partial charge in [0.2, 0.25) is 0 Å². The summed E-state index contributed by atoms with van der Waals surface area (Å²) in [5.41, 5.74) is 3.75. The van der Waals surface area contributed by atoms with Gasteiger partial charge in [-0.2, -0.15) is 0 Å². The highest BCUT2D eigenvalue weighted by Crippen LogP contribution is 2.35. The standard InChI is InChI=1S/C21H25N3O3/c1-3-26-18-12-15(8-9-17(18)25)19-21(22-13-16-7-5-11-27-16)24-10-4-6-14(2)20(24)23-19/h4,6,8-10,12,16,22,25H,3,5,7,11,13H2,1-2H3/t16-/m0/s1. The number of hydrogen-bond donors (Lipinski definition) is 2. The molecule has 3 heterocycles. The van der Waals surface area contributed by atoms with Crippen LogP contribution in [0.2, 0.25) is 0 Å². The molecular formula is C21H25N3O3. The molecule has 0 spiro atoms. The van der Waals surface area contributed by atoms with Crippen LogP contribution in [0.25, 0.3) is 16.9 Å². The smallest absolute Gasteiger partial charge is 0.161 e. The number of imidazole rings is 1. The molecule has 1 atom stereocenters. The fourth-order valence-electron chi connectivity index (χ4n) is 3.52. The lowest BCUT2D eigenvalue weighted by Crippen LogP contribution is -2.19. The Morgan fingerprint density at radius 2 is 2.26 bits per heavy atom. The van der Waals surface area contributed by atoms with E-state index in [9.17, 15) is 5.11 Å². The van der Waals surface area contributed by atoms with E-state index in [-0.39, 0.29) is 11.9 Å². The molecule has 6 nitrogen and oxygen atoms in total. The molecule has 0 saturated carbocycles. The van der Waals surface area contributed by atoms with E-state index >= 15 is 0 Å². The van der Waals surface area contributed by atoms with Gasteiger partial charge >= 0.3 is 0 Å². The van der Waals surface area contributed by atoms with Crippen molar-refractivity contribution in [1.29, 1.82) is 0 Å². The minimum Gasteiger partial charge on any atom is -0.504 e. The van der Waals surface area contributed by atoms with Crippen molar-refractivity contribution in [3.8, 4) is 22.8 Å². The van der Waals surface area contributed by atoms with E-state index in [4.69, 9.17) is 14.5 Å². The number of benzene rings is 1. The third-order valence-electron chi connectivity index (χ3n) is 4.90. The van der Waals surface area contributed by atoms with Gasteiger partial charge in [-0.25, -0.2) is 4.98 Å². The molecule has 27 heavy (non-hydrogen) atoms. The molecule has 6 heteroatoms. The average Bonchev–Trinajstić information content (AvgIpc) is 3.30. The van der Waals surface area contributed by atoms with Gasteiger partial charge in [0.15, 0.2) is 11.5 Å². The summed E-state index contributed by atoms with van der Waals surface area (Å²) in [6.07, 6.45) is 4.43. The highest BCUT2D eigenvalue weighted by Gasteiger charge is 2.20. The number of nitrogens with one attached hydrogen (secondary N) is 1. The van der Waals surface area contributed by atoms with Crippen molar-refractivity contribution in [2.24, 2.45) is 0 Å². The summed E-state index contributed by atoms with van der Waals surface area (Å²) >= 11 is 0. The summed E-state index contributed by atoms with van der Waals surface area (Å²) in [6.45, 7) is 6.02. The second-order valence-electron chi connectivity index (χ2n) is 6.83.